The number of nitrogens with zero attached hydrogens (tertiary/aromatic N) is 1. The van der Waals surface area contributed by atoms with Gasteiger partial charge in [-0.15, -0.1) is 0 Å². The van der Waals surface area contributed by atoms with Gasteiger partial charge >= 0.3 is 0 Å². The van der Waals surface area contributed by atoms with Crippen molar-refractivity contribution in [2.75, 3.05) is 19.0 Å². The second-order valence-electron chi connectivity index (χ2n) is 6.25. The molecule has 0 bridgehead atoms. The Morgan fingerprint density at radius 3 is 2.60 bits per heavy atom. The first kappa shape index (κ1) is 19.0. The highest BCUT2D eigenvalue weighted by Gasteiger charge is 2.22. The van der Waals surface area contributed by atoms with E-state index in [1.54, 1.807) is 27.0 Å². The van der Waals surface area contributed by atoms with E-state index in [1.807, 2.05) is 24.3 Å². The fraction of sp³-hybridized carbons (Fsp3) is 0.333. The molecule has 0 fully saturated rings. The zero-order chi connectivity index (χ0) is 18.4. The number of ether oxygens (including phenoxy) is 1. The van der Waals surface area contributed by atoms with E-state index in [0.29, 0.717) is 17.8 Å². The predicted molar refractivity (Wildman–Crippen MR) is 98.2 cm³/mol. The number of aliphatic hydroxyl groups excluding tert-OH is 1. The molecule has 1 aromatic carbocycles. The highest BCUT2D eigenvalue weighted by Crippen LogP contribution is 2.21. The number of methoxy groups -OCH3 is 1. The van der Waals surface area contributed by atoms with Gasteiger partial charge in [0.15, 0.2) is 0 Å². The Morgan fingerprint density at radius 1 is 1.32 bits per heavy atom. The zero-order valence-electron chi connectivity index (χ0n) is 14.5. The van der Waals surface area contributed by atoms with Gasteiger partial charge in [0.25, 0.3) is 5.91 Å². The molecule has 25 heavy (non-hydrogen) atoms. The lowest BCUT2D eigenvalue weighted by Gasteiger charge is -2.24. The van der Waals surface area contributed by atoms with Crippen LogP contribution in [-0.4, -0.2) is 35.3 Å². The summed E-state index contributed by atoms with van der Waals surface area (Å²) in [5, 5.41) is 15.6. The summed E-state index contributed by atoms with van der Waals surface area (Å²) in [5.41, 5.74) is 1.22. The van der Waals surface area contributed by atoms with Gasteiger partial charge in [-0.3, -0.25) is 4.79 Å². The van der Waals surface area contributed by atoms with Gasteiger partial charge in [0.1, 0.15) is 10.9 Å². The second-order valence-corrected chi connectivity index (χ2v) is 6.64. The molecule has 1 heterocycles. The predicted octanol–water partition coefficient (Wildman–Crippen LogP) is 2.86. The number of amides is 1. The lowest BCUT2D eigenvalue weighted by Crippen LogP contribution is -2.46. The molecule has 2 aromatic rings. The lowest BCUT2D eigenvalue weighted by atomic mass is 10.1. The average molecular weight is 364 g/mol. The molecule has 0 saturated heterocycles. The van der Waals surface area contributed by atoms with Crippen molar-refractivity contribution in [2.24, 2.45) is 0 Å². The number of carbonyl (C=O) groups is 1. The van der Waals surface area contributed by atoms with E-state index in [-0.39, 0.29) is 17.7 Å². The molecule has 0 radical (unpaired) electrons. The van der Waals surface area contributed by atoms with E-state index in [2.05, 4.69) is 15.6 Å². The van der Waals surface area contributed by atoms with Crippen molar-refractivity contribution in [2.45, 2.75) is 25.9 Å². The Labute approximate surface area is 152 Å². The number of rotatable bonds is 7. The number of aliphatic hydroxyl groups is 1. The van der Waals surface area contributed by atoms with Crippen LogP contribution in [0.4, 0.5) is 5.69 Å². The Balaban J connectivity index is 2.16. The maximum atomic E-state index is 12.5. The maximum absolute atomic E-state index is 12.5. The largest absolute Gasteiger partial charge is 0.497 e. The van der Waals surface area contributed by atoms with Crippen LogP contribution >= 0.6 is 11.6 Å². The minimum absolute atomic E-state index is 0.172. The summed E-state index contributed by atoms with van der Waals surface area (Å²) >= 11 is 5.96. The van der Waals surface area contributed by atoms with Gasteiger partial charge in [0.2, 0.25) is 0 Å². The van der Waals surface area contributed by atoms with Crippen LogP contribution in [0, 0.1) is 0 Å². The molecule has 0 saturated carbocycles. The molecule has 1 aromatic heterocycles. The van der Waals surface area contributed by atoms with Crippen LogP contribution in [0.3, 0.4) is 0 Å². The number of carbonyl (C=O) groups excluding carboxylic acids is 1. The molecule has 134 valence electrons. The van der Waals surface area contributed by atoms with Gasteiger partial charge in [0.05, 0.1) is 30.5 Å². The molecule has 0 aliphatic carbocycles. The maximum Gasteiger partial charge on any atom is 0.255 e. The van der Waals surface area contributed by atoms with E-state index in [1.165, 1.54) is 6.20 Å². The van der Waals surface area contributed by atoms with Crippen molar-refractivity contribution < 1.29 is 14.6 Å². The molecular weight excluding hydrogens is 342 g/mol. The fourth-order valence-electron chi connectivity index (χ4n) is 2.11. The number of aromatic nitrogens is 1. The summed E-state index contributed by atoms with van der Waals surface area (Å²) in [6, 6.07) is 9.21. The average Bonchev–Trinajstić information content (AvgIpc) is 2.60. The van der Waals surface area contributed by atoms with E-state index < -0.39 is 5.54 Å². The minimum atomic E-state index is -0.732. The van der Waals surface area contributed by atoms with Crippen molar-refractivity contribution in [3.05, 3.63) is 52.8 Å². The summed E-state index contributed by atoms with van der Waals surface area (Å²) in [6.07, 6.45) is 1.42. The first-order valence-electron chi connectivity index (χ1n) is 7.80. The quantitative estimate of drug-likeness (QED) is 0.659. The molecule has 3 N–H and O–H groups in total. The van der Waals surface area contributed by atoms with Gasteiger partial charge in [-0.25, -0.2) is 4.98 Å². The molecule has 6 nitrogen and oxygen atoms in total. The Bertz CT molecular complexity index is 733. The number of nitrogens with one attached hydrogen (secondary N) is 2. The van der Waals surface area contributed by atoms with Crippen LogP contribution in [-0.2, 0) is 6.54 Å². The van der Waals surface area contributed by atoms with Crippen LogP contribution in [0.5, 0.6) is 5.75 Å². The molecule has 1 amide bonds. The molecular formula is C18H22ClN3O3. The molecule has 0 atom stereocenters. The number of halogens is 1. The van der Waals surface area contributed by atoms with Gasteiger partial charge in [-0.1, -0.05) is 23.7 Å². The van der Waals surface area contributed by atoms with Crippen molar-refractivity contribution in [3.8, 4) is 5.75 Å². The third-order valence-electron chi connectivity index (χ3n) is 3.60. The lowest BCUT2D eigenvalue weighted by molar-refractivity contribution is 0.0870. The summed E-state index contributed by atoms with van der Waals surface area (Å²) in [5.74, 6) is 0.447. The highest BCUT2D eigenvalue weighted by molar-refractivity contribution is 6.29. The molecule has 0 unspecified atom stereocenters. The van der Waals surface area contributed by atoms with Gasteiger partial charge in [0, 0.05) is 12.7 Å². The van der Waals surface area contributed by atoms with Crippen LogP contribution < -0.4 is 15.4 Å². The van der Waals surface area contributed by atoms with Crippen LogP contribution in [0.15, 0.2) is 36.5 Å². The summed E-state index contributed by atoms with van der Waals surface area (Å²) in [6.45, 7) is 3.81. The van der Waals surface area contributed by atoms with Crippen molar-refractivity contribution >= 4 is 23.2 Å². The van der Waals surface area contributed by atoms with Crippen LogP contribution in [0.25, 0.3) is 0 Å². The van der Waals surface area contributed by atoms with Crippen molar-refractivity contribution in [1.29, 1.82) is 0 Å². The number of pyridine rings is 1. The molecule has 0 aliphatic heterocycles. The fourth-order valence-corrected chi connectivity index (χ4v) is 2.27. The standard InChI is InChI=1S/C18H22ClN3O3/c1-18(2,11-23)22-17(24)14-10-21-16(19)8-15(14)20-9-12-4-6-13(25-3)7-5-12/h4-8,10,23H,9,11H2,1-3H3,(H,20,21)(H,22,24). The molecule has 7 heteroatoms. The number of benzene rings is 1. The third kappa shape index (κ3) is 5.34. The van der Waals surface area contributed by atoms with Crippen molar-refractivity contribution in [1.82, 2.24) is 10.3 Å². The number of hydrogen-bond acceptors (Lipinski definition) is 5. The summed E-state index contributed by atoms with van der Waals surface area (Å²) in [4.78, 5) is 16.5. The highest BCUT2D eigenvalue weighted by atomic mass is 35.5. The summed E-state index contributed by atoms with van der Waals surface area (Å²) in [7, 11) is 1.62. The van der Waals surface area contributed by atoms with Crippen LogP contribution in [0.1, 0.15) is 29.8 Å². The number of anilines is 1. The number of hydrogen-bond donors (Lipinski definition) is 3. The first-order chi connectivity index (χ1) is 11.8. The second kappa shape index (κ2) is 8.18. The first-order valence-corrected chi connectivity index (χ1v) is 8.18. The smallest absolute Gasteiger partial charge is 0.255 e. The third-order valence-corrected chi connectivity index (χ3v) is 3.81. The monoisotopic (exact) mass is 363 g/mol. The van der Waals surface area contributed by atoms with E-state index in [4.69, 9.17) is 16.3 Å². The topological polar surface area (TPSA) is 83.5 Å². The van der Waals surface area contributed by atoms with Crippen molar-refractivity contribution in [3.63, 3.8) is 0 Å². The minimum Gasteiger partial charge on any atom is -0.497 e. The van der Waals surface area contributed by atoms with Crippen LogP contribution in [0.2, 0.25) is 5.15 Å². The van der Waals surface area contributed by atoms with E-state index in [0.717, 1.165) is 11.3 Å². The van der Waals surface area contributed by atoms with Gasteiger partial charge in [-0.2, -0.15) is 0 Å². The molecule has 0 spiro atoms. The van der Waals surface area contributed by atoms with Gasteiger partial charge in [-0.05, 0) is 37.6 Å². The van der Waals surface area contributed by atoms with E-state index >= 15 is 0 Å². The molecule has 0 aliphatic rings. The van der Waals surface area contributed by atoms with E-state index in [9.17, 15) is 9.90 Å². The SMILES string of the molecule is COc1ccc(CNc2cc(Cl)ncc2C(=O)NC(C)(C)CO)cc1. The van der Waals surface area contributed by atoms with Gasteiger partial charge < -0.3 is 20.5 Å². The Morgan fingerprint density at radius 2 is 2.00 bits per heavy atom. The normalized spacial score (nSPS) is 11.1. The Kier molecular flexibility index (Phi) is 6.22. The molecule has 2 rings (SSSR count). The Hall–Kier alpha value is -2.31. The zero-order valence-corrected chi connectivity index (χ0v) is 15.2. The summed E-state index contributed by atoms with van der Waals surface area (Å²) < 4.78 is 5.14.